The minimum absolute atomic E-state index is 0.0326. The second-order valence-corrected chi connectivity index (χ2v) is 9.55. The van der Waals surface area contributed by atoms with Crippen molar-refractivity contribution in [1.82, 2.24) is 10.3 Å². The summed E-state index contributed by atoms with van der Waals surface area (Å²) in [7, 11) is -7.12. The van der Waals surface area contributed by atoms with Gasteiger partial charge in [0.05, 0.1) is 17.3 Å². The summed E-state index contributed by atoms with van der Waals surface area (Å²) in [6, 6.07) is 11.6. The Balaban J connectivity index is 2.01. The molecule has 8 nitrogen and oxygen atoms in total. The summed E-state index contributed by atoms with van der Waals surface area (Å²) in [4.78, 5) is 14.1. The zero-order chi connectivity index (χ0) is 20.1. The molecular weight excluding hydrogens is 392 g/mol. The molecule has 0 fully saturated rings. The summed E-state index contributed by atoms with van der Waals surface area (Å²) >= 11 is 0. The molecule has 0 bridgehead atoms. The summed E-state index contributed by atoms with van der Waals surface area (Å²) in [5.41, 5.74) is 2.83. The molecule has 27 heavy (non-hydrogen) atoms. The molecule has 0 unspecified atom stereocenters. The average Bonchev–Trinajstić information content (AvgIpc) is 2.60. The predicted molar refractivity (Wildman–Crippen MR) is 100 cm³/mol. The SMILES string of the molecule is CCOc1ccc(S(=O)(=O)NNC(=O)c2ccc(CS(C)(=O)=O)cc2)cc1. The molecule has 1 amide bonds. The van der Waals surface area contributed by atoms with Crippen LogP contribution in [0.5, 0.6) is 5.75 Å². The zero-order valence-corrected chi connectivity index (χ0v) is 16.4. The Morgan fingerprint density at radius 2 is 1.56 bits per heavy atom. The molecule has 0 aromatic heterocycles. The lowest BCUT2D eigenvalue weighted by Crippen LogP contribution is -2.41. The van der Waals surface area contributed by atoms with Gasteiger partial charge in [-0.05, 0) is 48.9 Å². The lowest BCUT2D eigenvalue weighted by atomic mass is 10.1. The number of hydrogen-bond donors (Lipinski definition) is 2. The molecule has 0 saturated heterocycles. The number of amides is 1. The van der Waals surface area contributed by atoms with E-state index in [0.717, 1.165) is 6.26 Å². The second-order valence-electron chi connectivity index (χ2n) is 5.73. The van der Waals surface area contributed by atoms with Crippen LogP contribution in [0.25, 0.3) is 0 Å². The van der Waals surface area contributed by atoms with Crippen molar-refractivity contribution in [3.8, 4) is 5.75 Å². The average molecular weight is 412 g/mol. The third-order valence-corrected chi connectivity index (χ3v) is 5.51. The van der Waals surface area contributed by atoms with Crippen LogP contribution >= 0.6 is 0 Å². The molecule has 2 aromatic rings. The number of benzene rings is 2. The summed E-state index contributed by atoms with van der Waals surface area (Å²) in [5.74, 6) is -0.274. The van der Waals surface area contributed by atoms with Gasteiger partial charge in [-0.1, -0.05) is 12.1 Å². The highest BCUT2D eigenvalue weighted by Crippen LogP contribution is 2.15. The molecule has 0 saturated carbocycles. The topological polar surface area (TPSA) is 119 Å². The summed E-state index contributed by atoms with van der Waals surface area (Å²) < 4.78 is 52.2. The molecule has 10 heteroatoms. The number of carbonyl (C=O) groups is 1. The number of carbonyl (C=O) groups excluding carboxylic acids is 1. The molecule has 0 aliphatic heterocycles. The van der Waals surface area contributed by atoms with Crippen LogP contribution in [0.3, 0.4) is 0 Å². The number of sulfonamides is 1. The van der Waals surface area contributed by atoms with Gasteiger partial charge in [0.15, 0.2) is 9.84 Å². The first-order valence-electron chi connectivity index (χ1n) is 7.92. The first-order chi connectivity index (χ1) is 12.6. The van der Waals surface area contributed by atoms with E-state index in [1.807, 2.05) is 11.8 Å². The minimum atomic E-state index is -3.94. The Labute approximate surface area is 158 Å². The molecule has 2 rings (SSSR count). The monoisotopic (exact) mass is 412 g/mol. The van der Waals surface area contributed by atoms with Crippen molar-refractivity contribution in [2.75, 3.05) is 12.9 Å². The van der Waals surface area contributed by atoms with E-state index < -0.39 is 25.8 Å². The molecule has 0 aliphatic rings. The predicted octanol–water partition coefficient (Wildman–Crippen LogP) is 1.25. The first-order valence-corrected chi connectivity index (χ1v) is 11.5. The first kappa shape index (κ1) is 20.9. The van der Waals surface area contributed by atoms with E-state index in [0.29, 0.717) is 17.9 Å². The highest BCUT2D eigenvalue weighted by atomic mass is 32.2. The van der Waals surface area contributed by atoms with Crippen molar-refractivity contribution >= 4 is 25.8 Å². The van der Waals surface area contributed by atoms with E-state index in [1.54, 1.807) is 0 Å². The smallest absolute Gasteiger partial charge is 0.266 e. The maximum absolute atomic E-state index is 12.2. The van der Waals surface area contributed by atoms with Gasteiger partial charge in [0, 0.05) is 11.8 Å². The third-order valence-electron chi connectivity index (χ3n) is 3.39. The van der Waals surface area contributed by atoms with Crippen molar-refractivity contribution in [2.45, 2.75) is 17.6 Å². The van der Waals surface area contributed by atoms with Crippen molar-refractivity contribution in [2.24, 2.45) is 0 Å². The number of nitrogens with one attached hydrogen (secondary N) is 2. The fourth-order valence-corrected chi connectivity index (χ4v) is 3.82. The molecular formula is C17H20N2O6S2. The number of hydrazine groups is 1. The summed E-state index contributed by atoms with van der Waals surface area (Å²) in [5, 5.41) is 0. The zero-order valence-electron chi connectivity index (χ0n) is 14.8. The van der Waals surface area contributed by atoms with Gasteiger partial charge in [-0.2, -0.15) is 0 Å². The van der Waals surface area contributed by atoms with Gasteiger partial charge < -0.3 is 4.74 Å². The molecule has 2 aromatic carbocycles. The lowest BCUT2D eigenvalue weighted by Gasteiger charge is -2.10. The fraction of sp³-hybridized carbons (Fsp3) is 0.235. The summed E-state index contributed by atoms with van der Waals surface area (Å²) in [6.07, 6.45) is 1.11. The van der Waals surface area contributed by atoms with E-state index in [9.17, 15) is 21.6 Å². The van der Waals surface area contributed by atoms with E-state index in [4.69, 9.17) is 4.74 Å². The maximum Gasteiger partial charge on any atom is 0.266 e. The van der Waals surface area contributed by atoms with Crippen molar-refractivity contribution < 1.29 is 26.4 Å². The molecule has 0 spiro atoms. The van der Waals surface area contributed by atoms with Gasteiger partial charge in [0.1, 0.15) is 5.75 Å². The molecule has 146 valence electrons. The van der Waals surface area contributed by atoms with Crippen LogP contribution in [0, 0.1) is 0 Å². The number of hydrogen-bond acceptors (Lipinski definition) is 6. The van der Waals surface area contributed by atoms with Crippen LogP contribution in [0.2, 0.25) is 0 Å². The maximum atomic E-state index is 12.2. The van der Waals surface area contributed by atoms with E-state index in [1.165, 1.54) is 48.5 Å². The van der Waals surface area contributed by atoms with Crippen LogP contribution in [0.1, 0.15) is 22.8 Å². The van der Waals surface area contributed by atoms with E-state index in [-0.39, 0.29) is 16.2 Å². The van der Waals surface area contributed by atoms with Crippen LogP contribution in [-0.4, -0.2) is 35.6 Å². The number of ether oxygens (including phenoxy) is 1. The van der Waals surface area contributed by atoms with E-state index in [2.05, 4.69) is 5.43 Å². The molecule has 0 atom stereocenters. The Kier molecular flexibility index (Phi) is 6.58. The highest BCUT2D eigenvalue weighted by molar-refractivity contribution is 7.90. The van der Waals surface area contributed by atoms with Crippen LogP contribution in [0.4, 0.5) is 0 Å². The highest BCUT2D eigenvalue weighted by Gasteiger charge is 2.16. The van der Waals surface area contributed by atoms with Crippen molar-refractivity contribution in [3.05, 3.63) is 59.7 Å². The second kappa shape index (κ2) is 8.51. The van der Waals surface area contributed by atoms with Crippen LogP contribution < -0.4 is 15.0 Å². The Hall–Kier alpha value is -2.43. The molecule has 0 aliphatic carbocycles. The van der Waals surface area contributed by atoms with Crippen LogP contribution in [-0.2, 0) is 25.6 Å². The normalized spacial score (nSPS) is 11.8. The van der Waals surface area contributed by atoms with Crippen LogP contribution in [0.15, 0.2) is 53.4 Å². The number of rotatable bonds is 8. The Bertz CT molecular complexity index is 998. The van der Waals surface area contributed by atoms with Gasteiger partial charge in [0.25, 0.3) is 15.9 Å². The van der Waals surface area contributed by atoms with Gasteiger partial charge in [-0.25, -0.2) is 16.8 Å². The van der Waals surface area contributed by atoms with E-state index >= 15 is 0 Å². The van der Waals surface area contributed by atoms with Gasteiger partial charge in [-0.3, -0.25) is 10.2 Å². The summed E-state index contributed by atoms with van der Waals surface area (Å²) in [6.45, 7) is 2.28. The Morgan fingerprint density at radius 3 is 2.07 bits per heavy atom. The lowest BCUT2D eigenvalue weighted by molar-refractivity contribution is 0.0945. The molecule has 0 radical (unpaired) electrons. The van der Waals surface area contributed by atoms with Gasteiger partial charge >= 0.3 is 0 Å². The van der Waals surface area contributed by atoms with Gasteiger partial charge in [-0.15, -0.1) is 4.83 Å². The van der Waals surface area contributed by atoms with Crippen molar-refractivity contribution in [3.63, 3.8) is 0 Å². The quantitative estimate of drug-likeness (QED) is 0.630. The van der Waals surface area contributed by atoms with Gasteiger partial charge in [0.2, 0.25) is 0 Å². The molecule has 0 heterocycles. The number of sulfone groups is 1. The standard InChI is InChI=1S/C17H20N2O6S2/c1-3-25-15-8-10-16(11-9-15)27(23,24)19-18-17(20)14-6-4-13(5-7-14)12-26(2,21)22/h4-11,19H,3,12H2,1-2H3,(H,18,20). The van der Waals surface area contributed by atoms with Crippen molar-refractivity contribution in [1.29, 1.82) is 0 Å². The largest absolute Gasteiger partial charge is 0.494 e. The third kappa shape index (κ3) is 6.35. The fourth-order valence-electron chi connectivity index (χ4n) is 2.18. The Morgan fingerprint density at radius 1 is 0.963 bits per heavy atom. The minimum Gasteiger partial charge on any atom is -0.494 e. The molecule has 2 N–H and O–H groups in total.